The van der Waals surface area contributed by atoms with Crippen molar-refractivity contribution in [2.75, 3.05) is 11.9 Å². The van der Waals surface area contributed by atoms with Crippen molar-refractivity contribution in [3.8, 4) is 0 Å². The molecule has 1 amide bonds. The molecule has 1 aromatic carbocycles. The van der Waals surface area contributed by atoms with Crippen LogP contribution in [-0.2, 0) is 4.74 Å². The number of amides is 1. The fourth-order valence-corrected chi connectivity index (χ4v) is 3.21. The summed E-state index contributed by atoms with van der Waals surface area (Å²) in [6.07, 6.45) is 2.04. The highest BCUT2D eigenvalue weighted by atomic mass is 79.9. The average molecular weight is 354 g/mol. The van der Waals surface area contributed by atoms with Crippen molar-refractivity contribution >= 4 is 38.3 Å². The van der Waals surface area contributed by atoms with Crippen LogP contribution < -0.4 is 5.32 Å². The Kier molecular flexibility index (Phi) is 4.09. The number of hydrogen-bond acceptors (Lipinski definition) is 5. The van der Waals surface area contributed by atoms with Gasteiger partial charge in [-0.05, 0) is 31.0 Å². The molecule has 1 aliphatic rings. The van der Waals surface area contributed by atoms with E-state index in [0.29, 0.717) is 10.7 Å². The fraction of sp³-hybridized carbons (Fsp3) is 0.308. The standard InChI is InChI=1S/C13H12BrN3O2S/c14-9-4-1-3-8(7-9)11(18)15-13-17-16-12(20-13)10-5-2-6-19-10/h1,3-4,7,10H,2,5-6H2,(H,15,17,18)/t10-/m1/s1. The SMILES string of the molecule is O=C(Nc1nnc([C@H]2CCCO2)s1)c1cccc(Br)c1. The van der Waals surface area contributed by atoms with Gasteiger partial charge < -0.3 is 4.74 Å². The third kappa shape index (κ3) is 3.05. The molecule has 1 aromatic heterocycles. The van der Waals surface area contributed by atoms with Crippen molar-refractivity contribution in [1.82, 2.24) is 10.2 Å². The van der Waals surface area contributed by atoms with Crippen LogP contribution in [0.4, 0.5) is 5.13 Å². The van der Waals surface area contributed by atoms with E-state index in [9.17, 15) is 4.79 Å². The predicted octanol–water partition coefficient (Wildman–Crippen LogP) is 3.40. The number of hydrogen-bond donors (Lipinski definition) is 1. The Morgan fingerprint density at radius 2 is 2.35 bits per heavy atom. The molecular weight excluding hydrogens is 342 g/mol. The van der Waals surface area contributed by atoms with Crippen molar-refractivity contribution < 1.29 is 9.53 Å². The first kappa shape index (κ1) is 13.7. The first-order chi connectivity index (χ1) is 9.72. The fourth-order valence-electron chi connectivity index (χ4n) is 1.99. The van der Waals surface area contributed by atoms with Crippen LogP contribution in [0.25, 0.3) is 0 Å². The number of carbonyl (C=O) groups is 1. The molecule has 1 fully saturated rings. The normalized spacial score (nSPS) is 18.1. The predicted molar refractivity (Wildman–Crippen MR) is 79.9 cm³/mol. The van der Waals surface area contributed by atoms with Crippen molar-refractivity contribution in [2.24, 2.45) is 0 Å². The number of nitrogens with one attached hydrogen (secondary N) is 1. The quantitative estimate of drug-likeness (QED) is 0.918. The summed E-state index contributed by atoms with van der Waals surface area (Å²) in [5.41, 5.74) is 0.577. The molecule has 1 atom stereocenters. The van der Waals surface area contributed by atoms with Crippen LogP contribution in [0.3, 0.4) is 0 Å². The largest absolute Gasteiger partial charge is 0.371 e. The number of ether oxygens (including phenoxy) is 1. The van der Waals surface area contributed by atoms with E-state index in [1.165, 1.54) is 11.3 Å². The molecule has 1 aliphatic heterocycles. The Labute approximate surface area is 128 Å². The van der Waals surface area contributed by atoms with E-state index in [4.69, 9.17) is 4.74 Å². The molecule has 2 aromatic rings. The minimum Gasteiger partial charge on any atom is -0.371 e. The molecule has 104 valence electrons. The van der Waals surface area contributed by atoms with Crippen molar-refractivity contribution in [3.63, 3.8) is 0 Å². The Morgan fingerprint density at radius 3 is 3.10 bits per heavy atom. The minimum atomic E-state index is -0.193. The monoisotopic (exact) mass is 353 g/mol. The zero-order valence-electron chi connectivity index (χ0n) is 10.5. The highest BCUT2D eigenvalue weighted by Crippen LogP contribution is 2.32. The molecule has 5 nitrogen and oxygen atoms in total. The molecule has 3 rings (SSSR count). The number of halogens is 1. The van der Waals surface area contributed by atoms with Gasteiger partial charge in [0.1, 0.15) is 11.1 Å². The lowest BCUT2D eigenvalue weighted by Crippen LogP contribution is -2.11. The van der Waals surface area contributed by atoms with Gasteiger partial charge in [0.05, 0.1) is 0 Å². The van der Waals surface area contributed by atoms with Crippen LogP contribution in [0.2, 0.25) is 0 Å². The number of benzene rings is 1. The minimum absolute atomic E-state index is 0.0315. The van der Waals surface area contributed by atoms with Gasteiger partial charge in [0.2, 0.25) is 5.13 Å². The van der Waals surface area contributed by atoms with Crippen LogP contribution in [0.5, 0.6) is 0 Å². The highest BCUT2D eigenvalue weighted by Gasteiger charge is 2.22. The van der Waals surface area contributed by atoms with E-state index in [1.54, 1.807) is 12.1 Å². The number of nitrogens with zero attached hydrogens (tertiary/aromatic N) is 2. The van der Waals surface area contributed by atoms with E-state index in [0.717, 1.165) is 28.9 Å². The number of aromatic nitrogens is 2. The third-order valence-electron chi connectivity index (χ3n) is 2.95. The maximum atomic E-state index is 12.1. The van der Waals surface area contributed by atoms with E-state index < -0.39 is 0 Å². The second kappa shape index (κ2) is 5.99. The lowest BCUT2D eigenvalue weighted by molar-refractivity contribution is 0.102. The van der Waals surface area contributed by atoms with Crippen molar-refractivity contribution in [1.29, 1.82) is 0 Å². The van der Waals surface area contributed by atoms with E-state index in [1.807, 2.05) is 12.1 Å². The third-order valence-corrected chi connectivity index (χ3v) is 4.38. The molecule has 1 saturated heterocycles. The summed E-state index contributed by atoms with van der Waals surface area (Å²) in [5, 5.41) is 12.2. The Morgan fingerprint density at radius 1 is 1.45 bits per heavy atom. The lowest BCUT2D eigenvalue weighted by atomic mass is 10.2. The van der Waals surface area contributed by atoms with Gasteiger partial charge in [-0.15, -0.1) is 10.2 Å². The summed E-state index contributed by atoms with van der Waals surface area (Å²) < 4.78 is 6.41. The van der Waals surface area contributed by atoms with Gasteiger partial charge in [-0.3, -0.25) is 10.1 Å². The number of anilines is 1. The lowest BCUT2D eigenvalue weighted by Gasteiger charge is -2.03. The summed E-state index contributed by atoms with van der Waals surface area (Å²) in [4.78, 5) is 12.1. The molecule has 0 bridgehead atoms. The maximum absolute atomic E-state index is 12.1. The van der Waals surface area contributed by atoms with Gasteiger partial charge in [0, 0.05) is 16.6 Å². The summed E-state index contributed by atoms with van der Waals surface area (Å²) in [5.74, 6) is -0.193. The van der Waals surface area contributed by atoms with Crippen LogP contribution in [0, 0.1) is 0 Å². The molecule has 2 heterocycles. The second-order valence-corrected chi connectivity index (χ2v) is 6.34. The number of carbonyl (C=O) groups excluding carboxylic acids is 1. The van der Waals surface area contributed by atoms with Crippen molar-refractivity contribution in [2.45, 2.75) is 18.9 Å². The van der Waals surface area contributed by atoms with E-state index >= 15 is 0 Å². The molecule has 0 saturated carbocycles. The molecule has 0 aliphatic carbocycles. The van der Waals surface area contributed by atoms with Gasteiger partial charge in [0.25, 0.3) is 5.91 Å². The first-order valence-corrected chi connectivity index (χ1v) is 7.85. The van der Waals surface area contributed by atoms with Gasteiger partial charge >= 0.3 is 0 Å². The maximum Gasteiger partial charge on any atom is 0.257 e. The van der Waals surface area contributed by atoms with Crippen molar-refractivity contribution in [3.05, 3.63) is 39.3 Å². The zero-order chi connectivity index (χ0) is 13.9. The van der Waals surface area contributed by atoms with Crippen LogP contribution in [0.1, 0.15) is 34.3 Å². The van der Waals surface area contributed by atoms with Crippen LogP contribution >= 0.6 is 27.3 Å². The molecule has 0 spiro atoms. The molecule has 1 N–H and O–H groups in total. The summed E-state index contributed by atoms with van der Waals surface area (Å²) in [6.45, 7) is 0.768. The molecule has 0 radical (unpaired) electrons. The Hall–Kier alpha value is -1.31. The van der Waals surface area contributed by atoms with Crippen LogP contribution in [-0.4, -0.2) is 22.7 Å². The first-order valence-electron chi connectivity index (χ1n) is 6.24. The molecule has 0 unspecified atom stereocenters. The molecular formula is C13H12BrN3O2S. The van der Waals surface area contributed by atoms with E-state index in [-0.39, 0.29) is 12.0 Å². The second-order valence-electron chi connectivity index (χ2n) is 4.41. The Bertz CT molecular complexity index is 626. The summed E-state index contributed by atoms with van der Waals surface area (Å²) >= 11 is 4.71. The van der Waals surface area contributed by atoms with E-state index in [2.05, 4.69) is 31.4 Å². The van der Waals surface area contributed by atoms with Gasteiger partial charge in [0.15, 0.2) is 0 Å². The van der Waals surface area contributed by atoms with Gasteiger partial charge in [-0.2, -0.15) is 0 Å². The molecule has 20 heavy (non-hydrogen) atoms. The molecule has 7 heteroatoms. The highest BCUT2D eigenvalue weighted by molar-refractivity contribution is 9.10. The number of rotatable bonds is 3. The zero-order valence-corrected chi connectivity index (χ0v) is 12.9. The topological polar surface area (TPSA) is 64.1 Å². The summed E-state index contributed by atoms with van der Waals surface area (Å²) in [6, 6.07) is 7.20. The van der Waals surface area contributed by atoms with Gasteiger partial charge in [-0.1, -0.05) is 33.3 Å². The Balaban J connectivity index is 1.70. The summed E-state index contributed by atoms with van der Waals surface area (Å²) in [7, 11) is 0. The average Bonchev–Trinajstić information content (AvgIpc) is 3.08. The van der Waals surface area contributed by atoms with Gasteiger partial charge in [-0.25, -0.2) is 0 Å². The van der Waals surface area contributed by atoms with Crippen LogP contribution in [0.15, 0.2) is 28.7 Å². The smallest absolute Gasteiger partial charge is 0.257 e.